The molecule has 4 nitrogen and oxygen atoms in total. The molecule has 0 spiro atoms. The number of pyridine rings is 1. The molecule has 0 aliphatic carbocycles. The molecular formula is C13H7Cl2FN2O2. The molecule has 0 saturated heterocycles. The molecular weight excluding hydrogens is 306 g/mol. The van der Waals surface area contributed by atoms with Gasteiger partial charge in [-0.05, 0) is 41.9 Å². The number of hydrogen-bond donors (Lipinski definition) is 1. The predicted octanol–water partition coefficient (Wildman–Crippen LogP) is 3.51. The zero-order valence-corrected chi connectivity index (χ0v) is 11.4. The number of aromatic nitrogens is 1. The van der Waals surface area contributed by atoms with Crippen molar-refractivity contribution in [2.75, 3.05) is 5.32 Å². The van der Waals surface area contributed by atoms with E-state index in [2.05, 4.69) is 10.3 Å². The maximum Gasteiger partial charge on any atom is 0.258 e. The molecule has 1 N–H and O–H groups in total. The fourth-order valence-corrected chi connectivity index (χ4v) is 1.75. The Balaban J connectivity index is 2.19. The standard InChI is InChI=1S/C13H7Cl2FN2O2/c14-10-3-2-8(16)5-9(10)13(20)18-11-4-1-7(6-17-11)12(15)19/h1-6H,(H,17,18,20). The van der Waals surface area contributed by atoms with Gasteiger partial charge in [0.2, 0.25) is 0 Å². The number of hydrogen-bond acceptors (Lipinski definition) is 3. The molecule has 0 aliphatic rings. The van der Waals surface area contributed by atoms with Gasteiger partial charge in [0, 0.05) is 6.20 Å². The molecule has 7 heteroatoms. The lowest BCUT2D eigenvalue weighted by Gasteiger charge is -2.06. The molecule has 0 saturated carbocycles. The molecule has 102 valence electrons. The van der Waals surface area contributed by atoms with Crippen LogP contribution in [0.3, 0.4) is 0 Å². The Bertz CT molecular complexity index is 675. The normalized spacial score (nSPS) is 10.2. The van der Waals surface area contributed by atoms with Gasteiger partial charge >= 0.3 is 0 Å². The summed E-state index contributed by atoms with van der Waals surface area (Å²) in [6, 6.07) is 6.27. The van der Waals surface area contributed by atoms with Crippen molar-refractivity contribution in [1.82, 2.24) is 4.98 Å². The topological polar surface area (TPSA) is 59.1 Å². The van der Waals surface area contributed by atoms with Crippen molar-refractivity contribution in [3.8, 4) is 0 Å². The van der Waals surface area contributed by atoms with E-state index in [4.69, 9.17) is 23.2 Å². The molecule has 20 heavy (non-hydrogen) atoms. The third-order valence-corrected chi connectivity index (χ3v) is 2.95. The maximum absolute atomic E-state index is 13.1. The quantitative estimate of drug-likeness (QED) is 0.882. The molecule has 0 atom stereocenters. The molecule has 1 aromatic carbocycles. The zero-order valence-electron chi connectivity index (χ0n) is 9.86. The van der Waals surface area contributed by atoms with E-state index in [1.54, 1.807) is 0 Å². The summed E-state index contributed by atoms with van der Waals surface area (Å²) in [4.78, 5) is 26.6. The van der Waals surface area contributed by atoms with Crippen LogP contribution in [0.25, 0.3) is 0 Å². The van der Waals surface area contributed by atoms with Gasteiger partial charge in [-0.1, -0.05) is 11.6 Å². The minimum absolute atomic E-state index is 0.00837. The minimum Gasteiger partial charge on any atom is -0.307 e. The monoisotopic (exact) mass is 312 g/mol. The molecule has 1 heterocycles. The van der Waals surface area contributed by atoms with E-state index in [0.717, 1.165) is 12.1 Å². The second kappa shape index (κ2) is 5.98. The third kappa shape index (κ3) is 3.31. The number of carbonyl (C=O) groups is 2. The second-order valence-electron chi connectivity index (χ2n) is 3.78. The Kier molecular flexibility index (Phi) is 4.32. The summed E-state index contributed by atoms with van der Waals surface area (Å²) in [6.07, 6.45) is 1.22. The number of rotatable bonds is 3. The highest BCUT2D eigenvalue weighted by molar-refractivity contribution is 6.67. The largest absolute Gasteiger partial charge is 0.307 e. The van der Waals surface area contributed by atoms with Crippen LogP contribution in [0.15, 0.2) is 36.5 Å². The van der Waals surface area contributed by atoms with Crippen molar-refractivity contribution >= 4 is 40.2 Å². The first-order valence-corrected chi connectivity index (χ1v) is 6.15. The van der Waals surface area contributed by atoms with Gasteiger partial charge in [-0.25, -0.2) is 9.37 Å². The van der Waals surface area contributed by atoms with E-state index in [1.807, 2.05) is 0 Å². The number of amides is 1. The zero-order chi connectivity index (χ0) is 14.7. The SMILES string of the molecule is O=C(Cl)c1ccc(NC(=O)c2cc(F)ccc2Cl)nc1. The van der Waals surface area contributed by atoms with E-state index in [-0.39, 0.29) is 22.0 Å². The highest BCUT2D eigenvalue weighted by Crippen LogP contribution is 2.18. The summed E-state index contributed by atoms with van der Waals surface area (Å²) in [5.41, 5.74) is 0.194. The third-order valence-electron chi connectivity index (χ3n) is 2.41. The first kappa shape index (κ1) is 14.4. The van der Waals surface area contributed by atoms with Gasteiger partial charge in [-0.15, -0.1) is 0 Å². The van der Waals surface area contributed by atoms with Crippen LogP contribution in [0.1, 0.15) is 20.7 Å². The van der Waals surface area contributed by atoms with Gasteiger partial charge in [0.05, 0.1) is 16.1 Å². The van der Waals surface area contributed by atoms with Crippen molar-refractivity contribution in [2.24, 2.45) is 0 Å². The smallest absolute Gasteiger partial charge is 0.258 e. The molecule has 0 unspecified atom stereocenters. The number of nitrogens with zero attached hydrogens (tertiary/aromatic N) is 1. The lowest BCUT2D eigenvalue weighted by Crippen LogP contribution is -2.14. The summed E-state index contributed by atoms with van der Waals surface area (Å²) in [7, 11) is 0. The van der Waals surface area contributed by atoms with Crippen LogP contribution >= 0.6 is 23.2 Å². The summed E-state index contributed by atoms with van der Waals surface area (Å²) < 4.78 is 13.1. The fraction of sp³-hybridized carbons (Fsp3) is 0. The average Bonchev–Trinajstić information content (AvgIpc) is 2.42. The summed E-state index contributed by atoms with van der Waals surface area (Å²) in [6.45, 7) is 0. The van der Waals surface area contributed by atoms with Crippen molar-refractivity contribution in [3.05, 3.63) is 58.5 Å². The van der Waals surface area contributed by atoms with Gasteiger partial charge in [-0.2, -0.15) is 0 Å². The number of benzene rings is 1. The van der Waals surface area contributed by atoms with Crippen molar-refractivity contribution in [1.29, 1.82) is 0 Å². The van der Waals surface area contributed by atoms with Crippen LogP contribution in [-0.4, -0.2) is 16.1 Å². The summed E-state index contributed by atoms with van der Waals surface area (Å²) >= 11 is 11.1. The number of carbonyl (C=O) groups excluding carboxylic acids is 2. The Hall–Kier alpha value is -1.98. The van der Waals surface area contributed by atoms with Crippen LogP contribution in [0.2, 0.25) is 5.02 Å². The number of anilines is 1. The highest BCUT2D eigenvalue weighted by Gasteiger charge is 2.12. The first-order chi connectivity index (χ1) is 9.47. The minimum atomic E-state index is -0.649. The lowest BCUT2D eigenvalue weighted by molar-refractivity contribution is 0.102. The summed E-state index contributed by atoms with van der Waals surface area (Å²) in [5, 5.41) is 1.91. The van der Waals surface area contributed by atoms with Crippen molar-refractivity contribution in [2.45, 2.75) is 0 Å². The maximum atomic E-state index is 13.1. The van der Waals surface area contributed by atoms with Gasteiger partial charge in [0.1, 0.15) is 11.6 Å². The molecule has 1 amide bonds. The second-order valence-corrected chi connectivity index (χ2v) is 4.53. The Morgan fingerprint density at radius 2 is 1.95 bits per heavy atom. The lowest BCUT2D eigenvalue weighted by atomic mass is 10.2. The Labute approximate surface area is 123 Å². The van der Waals surface area contributed by atoms with E-state index >= 15 is 0 Å². The Morgan fingerprint density at radius 3 is 2.55 bits per heavy atom. The van der Waals surface area contributed by atoms with Gasteiger partial charge in [0.25, 0.3) is 11.1 Å². The number of halogens is 3. The molecule has 0 fully saturated rings. The molecule has 1 aromatic heterocycles. The van der Waals surface area contributed by atoms with Gasteiger partial charge in [-0.3, -0.25) is 9.59 Å². The molecule has 0 radical (unpaired) electrons. The fourth-order valence-electron chi connectivity index (χ4n) is 1.44. The van der Waals surface area contributed by atoms with Crippen LogP contribution in [0.4, 0.5) is 10.2 Å². The molecule has 2 rings (SSSR count). The van der Waals surface area contributed by atoms with Gasteiger partial charge < -0.3 is 5.32 Å². The molecule has 0 bridgehead atoms. The van der Waals surface area contributed by atoms with Crippen molar-refractivity contribution < 1.29 is 14.0 Å². The van der Waals surface area contributed by atoms with Crippen LogP contribution in [0.5, 0.6) is 0 Å². The van der Waals surface area contributed by atoms with Crippen LogP contribution < -0.4 is 5.32 Å². The molecule has 0 aliphatic heterocycles. The predicted molar refractivity (Wildman–Crippen MR) is 73.8 cm³/mol. The first-order valence-electron chi connectivity index (χ1n) is 5.39. The average molecular weight is 313 g/mol. The van der Waals surface area contributed by atoms with Crippen LogP contribution in [-0.2, 0) is 0 Å². The van der Waals surface area contributed by atoms with Crippen molar-refractivity contribution in [3.63, 3.8) is 0 Å². The van der Waals surface area contributed by atoms with E-state index in [9.17, 15) is 14.0 Å². The summed E-state index contributed by atoms with van der Waals surface area (Å²) in [5.74, 6) is -0.987. The number of nitrogens with one attached hydrogen (secondary N) is 1. The molecule has 2 aromatic rings. The van der Waals surface area contributed by atoms with Gasteiger partial charge in [0.15, 0.2) is 0 Å². The Morgan fingerprint density at radius 1 is 1.20 bits per heavy atom. The van der Waals surface area contributed by atoms with E-state index in [0.29, 0.717) is 0 Å². The highest BCUT2D eigenvalue weighted by atomic mass is 35.5. The van der Waals surface area contributed by atoms with Crippen LogP contribution in [0, 0.1) is 5.82 Å². The van der Waals surface area contributed by atoms with E-state index < -0.39 is 17.0 Å². The van der Waals surface area contributed by atoms with E-state index in [1.165, 1.54) is 24.4 Å².